The fourth-order valence-corrected chi connectivity index (χ4v) is 1.23. The fraction of sp³-hybridized carbons (Fsp3) is 0.111. The van der Waals surface area contributed by atoms with Crippen molar-refractivity contribution in [2.45, 2.75) is 0 Å². The molecule has 0 aliphatic carbocycles. The molecular weight excluding hydrogens is 239 g/mol. The van der Waals surface area contributed by atoms with Gasteiger partial charge in [-0.15, -0.1) is 0 Å². The van der Waals surface area contributed by atoms with Crippen LogP contribution >= 0.6 is 19.5 Å². The van der Waals surface area contributed by atoms with Gasteiger partial charge in [-0.05, 0) is 0 Å². The molecule has 0 aliphatic heterocycles. The number of methoxy groups -OCH3 is 1. The molecule has 0 atom stereocenters. The van der Waals surface area contributed by atoms with Crippen LogP contribution in [0.4, 0.5) is 0 Å². The van der Waals surface area contributed by atoms with Crippen LogP contribution < -0.4 is 4.74 Å². The van der Waals surface area contributed by atoms with Gasteiger partial charge in [0.2, 0.25) is 0 Å². The summed E-state index contributed by atoms with van der Waals surface area (Å²) in [5.74, 6) is 1.48. The van der Waals surface area contributed by atoms with Gasteiger partial charge in [0.05, 0.1) is 0 Å². The third-order valence-corrected chi connectivity index (χ3v) is 1.96. The Hall–Kier alpha value is -1.21. The van der Waals surface area contributed by atoms with Crippen molar-refractivity contribution < 1.29 is 18.8 Å². The van der Waals surface area contributed by atoms with E-state index in [2.05, 4.69) is 4.74 Å². The van der Waals surface area contributed by atoms with Crippen LogP contribution in [0.1, 0.15) is 10.4 Å². The van der Waals surface area contributed by atoms with Crippen molar-refractivity contribution in [1.29, 1.82) is 0 Å². The monoisotopic (exact) mass is 244 g/mol. The van der Waals surface area contributed by atoms with Crippen molar-refractivity contribution in [2.75, 3.05) is 7.11 Å². The van der Waals surface area contributed by atoms with Crippen LogP contribution in [0.25, 0.3) is 0 Å². The third-order valence-electron chi connectivity index (χ3n) is 1.56. The minimum absolute atomic E-state index is 0.193. The van der Waals surface area contributed by atoms with Crippen LogP contribution in [0.2, 0.25) is 5.02 Å². The standard InChI is InChI=1S/C9H6ClO4P/c1-13-8-4-6(10)2-3-7(8)9(11)14-5-15-12/h2-4H,1H3. The van der Waals surface area contributed by atoms with E-state index < -0.39 is 13.9 Å². The molecule has 6 heteroatoms. The van der Waals surface area contributed by atoms with Gasteiger partial charge in [0, 0.05) is 0 Å². The molecule has 1 aromatic rings. The summed E-state index contributed by atoms with van der Waals surface area (Å²) in [5.41, 5.74) is 0.193. The number of esters is 1. The van der Waals surface area contributed by atoms with Crippen LogP contribution in [-0.2, 0) is 9.30 Å². The van der Waals surface area contributed by atoms with Gasteiger partial charge in [-0.2, -0.15) is 0 Å². The fourth-order valence-electron chi connectivity index (χ4n) is 0.949. The van der Waals surface area contributed by atoms with E-state index in [-0.39, 0.29) is 11.3 Å². The molecule has 1 aromatic carbocycles. The molecule has 1 rings (SSSR count). The Balaban J connectivity index is 3.06. The van der Waals surface area contributed by atoms with E-state index >= 15 is 0 Å². The number of halogens is 1. The number of rotatable bonds is 2. The molecule has 0 bridgehead atoms. The number of hydrogen-bond acceptors (Lipinski definition) is 4. The number of ether oxygens (including phenoxy) is 2. The molecule has 0 fully saturated rings. The average molecular weight is 245 g/mol. The SMILES string of the molecule is COc1cc(Cl)ccc1C(=O)OC#P=O. The van der Waals surface area contributed by atoms with Gasteiger partial charge in [-0.1, -0.05) is 0 Å². The maximum atomic E-state index is 11.3. The Bertz CT molecular complexity index is 480. The minimum atomic E-state index is -0.702. The molecular formula is C9H6ClO4P. The van der Waals surface area contributed by atoms with Gasteiger partial charge in [0.1, 0.15) is 0 Å². The second-order valence-corrected chi connectivity index (χ2v) is 3.22. The van der Waals surface area contributed by atoms with Gasteiger partial charge < -0.3 is 0 Å². The van der Waals surface area contributed by atoms with E-state index in [1.807, 2.05) is 5.81 Å². The number of hydrogen-bond donors (Lipinski definition) is 0. The van der Waals surface area contributed by atoms with Crippen molar-refractivity contribution in [2.24, 2.45) is 0 Å². The molecule has 0 heterocycles. The quantitative estimate of drug-likeness (QED) is 0.593. The molecule has 0 saturated carbocycles. The molecule has 0 spiro atoms. The van der Waals surface area contributed by atoms with Crippen molar-refractivity contribution in [3.63, 3.8) is 0 Å². The van der Waals surface area contributed by atoms with Gasteiger partial charge in [-0.25, -0.2) is 0 Å². The summed E-state index contributed by atoms with van der Waals surface area (Å²) < 4.78 is 19.4. The van der Waals surface area contributed by atoms with Gasteiger partial charge in [0.25, 0.3) is 0 Å². The van der Waals surface area contributed by atoms with Gasteiger partial charge >= 0.3 is 91.8 Å². The molecule has 4 nitrogen and oxygen atoms in total. The molecule has 0 aromatic heterocycles. The van der Waals surface area contributed by atoms with Crippen molar-refractivity contribution in [3.05, 3.63) is 28.8 Å². The summed E-state index contributed by atoms with van der Waals surface area (Å²) in [6, 6.07) is 4.45. The van der Waals surface area contributed by atoms with Crippen LogP contribution in [-0.4, -0.2) is 13.1 Å². The molecule has 0 radical (unpaired) electrons. The van der Waals surface area contributed by atoms with E-state index in [0.717, 1.165) is 0 Å². The van der Waals surface area contributed by atoms with Crippen LogP contribution in [0, 0.1) is 5.81 Å². The molecule has 0 amide bonds. The number of carbonyl (C=O) groups excluding carboxylic acids is 1. The molecule has 0 N–H and O–H groups in total. The Morgan fingerprint density at radius 3 is 2.87 bits per heavy atom. The predicted octanol–water partition coefficient (Wildman–Crippen LogP) is 2.71. The Kier molecular flexibility index (Phi) is 4.44. The normalized spacial score (nSPS) is 8.93. The van der Waals surface area contributed by atoms with Gasteiger partial charge in [0.15, 0.2) is 0 Å². The number of carbonyl (C=O) groups is 1. The van der Waals surface area contributed by atoms with Crippen LogP contribution in [0.5, 0.6) is 5.75 Å². The Morgan fingerprint density at radius 1 is 1.53 bits per heavy atom. The number of benzene rings is 1. The first-order chi connectivity index (χ1) is 7.19. The Labute approximate surface area is 92.3 Å². The average Bonchev–Trinajstić information content (AvgIpc) is 2.25. The first-order valence-corrected chi connectivity index (χ1v) is 5.00. The van der Waals surface area contributed by atoms with E-state index in [1.54, 1.807) is 0 Å². The van der Waals surface area contributed by atoms with Crippen molar-refractivity contribution in [3.8, 4) is 11.6 Å². The molecule has 0 aliphatic rings. The first-order valence-electron chi connectivity index (χ1n) is 3.81. The van der Waals surface area contributed by atoms with Crippen LogP contribution in [0.3, 0.4) is 0 Å². The molecule has 15 heavy (non-hydrogen) atoms. The topological polar surface area (TPSA) is 52.6 Å². The summed E-state index contributed by atoms with van der Waals surface area (Å²) in [5, 5.41) is 0.443. The first kappa shape index (κ1) is 11.9. The second-order valence-electron chi connectivity index (χ2n) is 2.42. The summed E-state index contributed by atoms with van der Waals surface area (Å²) in [6.45, 7) is 0. The third kappa shape index (κ3) is 3.14. The van der Waals surface area contributed by atoms with E-state index in [9.17, 15) is 9.36 Å². The van der Waals surface area contributed by atoms with Crippen LogP contribution in [0.15, 0.2) is 18.2 Å². The van der Waals surface area contributed by atoms with E-state index in [4.69, 9.17) is 16.3 Å². The summed E-state index contributed by atoms with van der Waals surface area (Å²) in [7, 11) is 0.910. The molecule has 0 unspecified atom stereocenters. The maximum absolute atomic E-state index is 11.3. The molecule has 0 saturated heterocycles. The van der Waals surface area contributed by atoms with E-state index in [0.29, 0.717) is 5.02 Å². The van der Waals surface area contributed by atoms with Gasteiger partial charge in [-0.3, -0.25) is 0 Å². The summed E-state index contributed by atoms with van der Waals surface area (Å²) >= 11 is 5.71. The van der Waals surface area contributed by atoms with Crippen molar-refractivity contribution >= 4 is 25.5 Å². The Morgan fingerprint density at radius 2 is 2.27 bits per heavy atom. The predicted molar refractivity (Wildman–Crippen MR) is 54.9 cm³/mol. The van der Waals surface area contributed by atoms with E-state index in [1.165, 1.54) is 25.3 Å². The summed E-state index contributed by atoms with van der Waals surface area (Å²) in [6.07, 6.45) is 0. The zero-order valence-electron chi connectivity index (χ0n) is 7.69. The zero-order valence-corrected chi connectivity index (χ0v) is 9.34. The molecule has 78 valence electrons. The van der Waals surface area contributed by atoms with Crippen molar-refractivity contribution in [1.82, 2.24) is 0 Å². The summed E-state index contributed by atoms with van der Waals surface area (Å²) in [4.78, 5) is 11.3. The second kappa shape index (κ2) is 5.62. The zero-order chi connectivity index (χ0) is 11.3.